The van der Waals surface area contributed by atoms with Gasteiger partial charge in [0.1, 0.15) is 0 Å². The maximum atomic E-state index is 10.6. The lowest BCUT2D eigenvalue weighted by molar-refractivity contribution is 0.0695. The number of pyridine rings is 1. The van der Waals surface area contributed by atoms with Gasteiger partial charge >= 0.3 is 5.97 Å². The highest BCUT2D eigenvalue weighted by Gasteiger charge is 2.13. The Labute approximate surface area is 75.2 Å². The average molecular weight is 179 g/mol. The summed E-state index contributed by atoms with van der Waals surface area (Å²) in [4.78, 5) is 14.7. The number of nitrogens with zero attached hydrogens (tertiary/aromatic N) is 1. The molecule has 0 unspecified atom stereocenters. The van der Waals surface area contributed by atoms with Crippen molar-refractivity contribution in [3.63, 3.8) is 0 Å². The molecule has 0 amide bonds. The Morgan fingerprint density at radius 1 is 1.62 bits per heavy atom. The van der Waals surface area contributed by atoms with Gasteiger partial charge in [0.15, 0.2) is 0 Å². The van der Waals surface area contributed by atoms with Gasteiger partial charge < -0.3 is 9.84 Å². The Bertz CT molecular complexity index is 349. The van der Waals surface area contributed by atoms with Gasteiger partial charge in [0.25, 0.3) is 0 Å². The van der Waals surface area contributed by atoms with Crippen molar-refractivity contribution in [2.75, 3.05) is 6.61 Å². The van der Waals surface area contributed by atoms with Crippen molar-refractivity contribution in [2.45, 2.75) is 13.0 Å². The van der Waals surface area contributed by atoms with E-state index in [0.29, 0.717) is 13.2 Å². The first-order chi connectivity index (χ1) is 6.27. The van der Waals surface area contributed by atoms with Crippen molar-refractivity contribution in [2.24, 2.45) is 0 Å². The van der Waals surface area contributed by atoms with Crippen LogP contribution in [0.2, 0.25) is 0 Å². The molecule has 0 atom stereocenters. The van der Waals surface area contributed by atoms with Crippen molar-refractivity contribution in [1.82, 2.24) is 4.98 Å². The first-order valence-corrected chi connectivity index (χ1v) is 4.06. The van der Waals surface area contributed by atoms with E-state index in [-0.39, 0.29) is 5.56 Å². The molecule has 1 aromatic heterocycles. The molecule has 1 aliphatic heterocycles. The maximum absolute atomic E-state index is 10.6. The number of hydrogen-bond acceptors (Lipinski definition) is 3. The molecule has 1 N–H and O–H groups in total. The smallest absolute Gasteiger partial charge is 0.337 e. The van der Waals surface area contributed by atoms with Crippen molar-refractivity contribution in [3.8, 4) is 0 Å². The van der Waals surface area contributed by atoms with Crippen LogP contribution in [0.5, 0.6) is 0 Å². The zero-order valence-corrected chi connectivity index (χ0v) is 6.99. The fraction of sp³-hybridized carbons (Fsp3) is 0.333. The summed E-state index contributed by atoms with van der Waals surface area (Å²) in [5, 5.41) is 8.71. The fourth-order valence-electron chi connectivity index (χ4n) is 1.36. The third-order valence-electron chi connectivity index (χ3n) is 2.05. The van der Waals surface area contributed by atoms with Gasteiger partial charge in [-0.15, -0.1) is 0 Å². The minimum Gasteiger partial charge on any atom is -0.478 e. The number of rotatable bonds is 1. The van der Waals surface area contributed by atoms with Gasteiger partial charge in [-0.3, -0.25) is 4.98 Å². The van der Waals surface area contributed by atoms with E-state index in [4.69, 9.17) is 9.84 Å². The highest BCUT2D eigenvalue weighted by atomic mass is 16.5. The molecular formula is C9H9NO3. The number of carboxylic acids is 1. The molecule has 0 saturated carbocycles. The van der Waals surface area contributed by atoms with Crippen molar-refractivity contribution in [1.29, 1.82) is 0 Å². The summed E-state index contributed by atoms with van der Waals surface area (Å²) < 4.78 is 5.20. The molecule has 68 valence electrons. The normalized spacial score (nSPS) is 15.1. The summed E-state index contributed by atoms with van der Waals surface area (Å²) in [6.07, 6.45) is 2.17. The minimum atomic E-state index is -0.944. The quantitative estimate of drug-likeness (QED) is 0.694. The summed E-state index contributed by atoms with van der Waals surface area (Å²) in [5.74, 6) is -0.944. The van der Waals surface area contributed by atoms with Gasteiger partial charge in [0, 0.05) is 23.9 Å². The lowest BCUT2D eigenvalue weighted by Gasteiger charge is -2.15. The van der Waals surface area contributed by atoms with Crippen LogP contribution < -0.4 is 0 Å². The monoisotopic (exact) mass is 179 g/mol. The largest absolute Gasteiger partial charge is 0.478 e. The second-order valence-electron chi connectivity index (χ2n) is 2.94. The third-order valence-corrected chi connectivity index (χ3v) is 2.05. The summed E-state index contributed by atoms with van der Waals surface area (Å²) in [6, 6.07) is 1.63. The topological polar surface area (TPSA) is 59.4 Å². The average Bonchev–Trinajstić information content (AvgIpc) is 2.17. The summed E-state index contributed by atoms with van der Waals surface area (Å²) in [5.41, 5.74) is 2.08. The maximum Gasteiger partial charge on any atom is 0.337 e. The van der Waals surface area contributed by atoms with Crippen LogP contribution in [0.4, 0.5) is 0 Å². The van der Waals surface area contributed by atoms with E-state index in [1.165, 1.54) is 6.20 Å². The highest BCUT2D eigenvalue weighted by Crippen LogP contribution is 2.15. The number of hydrogen-bond donors (Lipinski definition) is 1. The molecule has 0 saturated heterocycles. The first kappa shape index (κ1) is 8.19. The minimum absolute atomic E-state index is 0.226. The number of aromatic nitrogens is 1. The highest BCUT2D eigenvalue weighted by molar-refractivity contribution is 5.87. The van der Waals surface area contributed by atoms with Crippen LogP contribution >= 0.6 is 0 Å². The van der Waals surface area contributed by atoms with Crippen LogP contribution in [0.3, 0.4) is 0 Å². The number of aromatic carboxylic acids is 1. The Hall–Kier alpha value is -1.42. The van der Waals surface area contributed by atoms with Gasteiger partial charge in [-0.05, 0) is 6.07 Å². The van der Waals surface area contributed by atoms with Crippen LogP contribution in [-0.4, -0.2) is 22.7 Å². The van der Waals surface area contributed by atoms with Crippen molar-refractivity contribution in [3.05, 3.63) is 29.1 Å². The zero-order valence-electron chi connectivity index (χ0n) is 6.99. The summed E-state index contributed by atoms with van der Waals surface area (Å²) in [6.45, 7) is 1.15. The fourth-order valence-corrected chi connectivity index (χ4v) is 1.36. The van der Waals surface area contributed by atoms with Crippen LogP contribution in [0.1, 0.15) is 21.6 Å². The van der Waals surface area contributed by atoms with Crippen molar-refractivity contribution >= 4 is 5.97 Å². The molecular weight excluding hydrogens is 170 g/mol. The van der Waals surface area contributed by atoms with Gasteiger partial charge in [-0.2, -0.15) is 0 Å². The molecule has 2 rings (SSSR count). The van der Waals surface area contributed by atoms with E-state index in [9.17, 15) is 4.79 Å². The molecule has 4 nitrogen and oxygen atoms in total. The Kier molecular flexibility index (Phi) is 1.98. The van der Waals surface area contributed by atoms with E-state index >= 15 is 0 Å². The molecule has 13 heavy (non-hydrogen) atoms. The van der Waals surface area contributed by atoms with E-state index in [1.54, 1.807) is 6.07 Å². The predicted molar refractivity (Wildman–Crippen MR) is 44.6 cm³/mol. The number of fused-ring (bicyclic) bond motifs is 1. The van der Waals surface area contributed by atoms with E-state index in [1.807, 2.05) is 0 Å². The second kappa shape index (κ2) is 3.14. The van der Waals surface area contributed by atoms with Crippen LogP contribution in [-0.2, 0) is 17.8 Å². The molecule has 0 aromatic carbocycles. The van der Waals surface area contributed by atoms with Gasteiger partial charge in [0.2, 0.25) is 0 Å². The Morgan fingerprint density at radius 3 is 3.23 bits per heavy atom. The number of carboxylic acid groups (broad SMARTS) is 1. The lowest BCUT2D eigenvalue weighted by atomic mass is 10.1. The third kappa shape index (κ3) is 1.53. The Balaban J connectivity index is 2.40. The van der Waals surface area contributed by atoms with E-state index in [2.05, 4.69) is 4.98 Å². The SMILES string of the molecule is O=C(O)c1cnc2c(c1)COCC2. The lowest BCUT2D eigenvalue weighted by Crippen LogP contribution is -2.13. The molecule has 2 heterocycles. The van der Waals surface area contributed by atoms with E-state index in [0.717, 1.165) is 17.7 Å². The molecule has 0 radical (unpaired) electrons. The van der Waals surface area contributed by atoms with Gasteiger partial charge in [-0.25, -0.2) is 4.79 Å². The number of ether oxygens (including phenoxy) is 1. The first-order valence-electron chi connectivity index (χ1n) is 4.06. The molecule has 1 aliphatic rings. The molecule has 4 heteroatoms. The molecule has 0 aliphatic carbocycles. The summed E-state index contributed by atoms with van der Waals surface area (Å²) >= 11 is 0. The summed E-state index contributed by atoms with van der Waals surface area (Å²) in [7, 11) is 0. The van der Waals surface area contributed by atoms with Crippen LogP contribution in [0.25, 0.3) is 0 Å². The van der Waals surface area contributed by atoms with E-state index < -0.39 is 5.97 Å². The number of carbonyl (C=O) groups is 1. The zero-order chi connectivity index (χ0) is 9.26. The standard InChI is InChI=1S/C9H9NO3/c11-9(12)6-3-7-5-13-2-1-8(7)10-4-6/h3-4H,1-2,5H2,(H,11,12). The van der Waals surface area contributed by atoms with Gasteiger partial charge in [0.05, 0.1) is 18.8 Å². The van der Waals surface area contributed by atoms with Crippen LogP contribution in [0.15, 0.2) is 12.3 Å². The predicted octanol–water partition coefficient (Wildman–Crippen LogP) is 0.853. The molecule has 0 fully saturated rings. The molecule has 1 aromatic rings. The molecule has 0 bridgehead atoms. The second-order valence-corrected chi connectivity index (χ2v) is 2.94. The van der Waals surface area contributed by atoms with Crippen molar-refractivity contribution < 1.29 is 14.6 Å². The van der Waals surface area contributed by atoms with Gasteiger partial charge in [-0.1, -0.05) is 0 Å². The Morgan fingerprint density at radius 2 is 2.46 bits per heavy atom. The van der Waals surface area contributed by atoms with Crippen LogP contribution in [0, 0.1) is 0 Å². The molecule has 0 spiro atoms.